The highest BCUT2D eigenvalue weighted by Crippen LogP contribution is 2.27. The lowest BCUT2D eigenvalue weighted by Crippen LogP contribution is -2.24. The summed E-state index contributed by atoms with van der Waals surface area (Å²) in [6, 6.07) is 12.1. The zero-order valence-corrected chi connectivity index (χ0v) is 15.1. The lowest BCUT2D eigenvalue weighted by Gasteiger charge is -2.11. The molecule has 132 valence electrons. The summed E-state index contributed by atoms with van der Waals surface area (Å²) in [5.74, 6) is -0.784. The second kappa shape index (κ2) is 9.30. The van der Waals surface area contributed by atoms with Crippen molar-refractivity contribution in [3.05, 3.63) is 58.1 Å². The fraction of sp³-hybridized carbons (Fsp3) is 0.222. The molecule has 1 N–H and O–H groups in total. The molecule has 25 heavy (non-hydrogen) atoms. The van der Waals surface area contributed by atoms with E-state index in [4.69, 9.17) is 32.7 Å². The normalized spacial score (nSPS) is 10.2. The van der Waals surface area contributed by atoms with E-state index in [1.807, 2.05) is 25.1 Å². The summed E-state index contributed by atoms with van der Waals surface area (Å²) in [5, 5.41) is 3.46. The number of nitrogens with one attached hydrogen (secondary N) is 1. The van der Waals surface area contributed by atoms with E-state index in [0.29, 0.717) is 16.5 Å². The number of ether oxygens (including phenoxy) is 2. The van der Waals surface area contributed by atoms with Gasteiger partial charge in [0, 0.05) is 10.7 Å². The van der Waals surface area contributed by atoms with E-state index in [9.17, 15) is 9.59 Å². The van der Waals surface area contributed by atoms with Crippen LogP contribution in [0.4, 0.5) is 5.69 Å². The van der Waals surface area contributed by atoms with Gasteiger partial charge in [-0.2, -0.15) is 0 Å². The third kappa shape index (κ3) is 5.96. The number of para-hydroxylation sites is 1. The van der Waals surface area contributed by atoms with Crippen molar-refractivity contribution in [3.63, 3.8) is 0 Å². The van der Waals surface area contributed by atoms with E-state index >= 15 is 0 Å². The molecule has 0 aliphatic heterocycles. The first-order valence-corrected chi connectivity index (χ1v) is 8.36. The van der Waals surface area contributed by atoms with Crippen molar-refractivity contribution >= 4 is 40.8 Å². The van der Waals surface area contributed by atoms with Crippen molar-refractivity contribution in [2.24, 2.45) is 0 Å². The van der Waals surface area contributed by atoms with E-state index in [2.05, 4.69) is 5.32 Å². The molecule has 0 fully saturated rings. The van der Waals surface area contributed by atoms with Crippen molar-refractivity contribution in [2.45, 2.75) is 13.3 Å². The van der Waals surface area contributed by atoms with Gasteiger partial charge in [-0.1, -0.05) is 48.3 Å². The molecule has 0 bridgehead atoms. The molecule has 2 aromatic carbocycles. The van der Waals surface area contributed by atoms with Crippen LogP contribution < -0.4 is 10.1 Å². The van der Waals surface area contributed by atoms with Gasteiger partial charge in [0.2, 0.25) is 0 Å². The van der Waals surface area contributed by atoms with Gasteiger partial charge in [-0.05, 0) is 36.2 Å². The predicted molar refractivity (Wildman–Crippen MR) is 97.4 cm³/mol. The minimum absolute atomic E-state index is 0.286. The van der Waals surface area contributed by atoms with Crippen LogP contribution in [0.3, 0.4) is 0 Å². The summed E-state index contributed by atoms with van der Waals surface area (Å²) in [5.41, 5.74) is 1.71. The van der Waals surface area contributed by atoms with E-state index in [0.717, 1.165) is 12.0 Å². The van der Waals surface area contributed by atoms with Crippen molar-refractivity contribution in [2.75, 3.05) is 18.5 Å². The lowest BCUT2D eigenvalue weighted by molar-refractivity contribution is -0.149. The highest BCUT2D eigenvalue weighted by Gasteiger charge is 2.11. The first kappa shape index (κ1) is 19.1. The van der Waals surface area contributed by atoms with Gasteiger partial charge in [0.25, 0.3) is 5.91 Å². The van der Waals surface area contributed by atoms with Gasteiger partial charge in [0.15, 0.2) is 13.2 Å². The van der Waals surface area contributed by atoms with Crippen LogP contribution in [-0.2, 0) is 20.7 Å². The Morgan fingerprint density at radius 2 is 1.84 bits per heavy atom. The Bertz CT molecular complexity index is 764. The molecule has 0 radical (unpaired) electrons. The molecule has 0 unspecified atom stereocenters. The largest absolute Gasteiger partial charge is 0.480 e. The number of esters is 1. The molecule has 0 aliphatic rings. The minimum Gasteiger partial charge on any atom is -0.480 e. The van der Waals surface area contributed by atoms with Gasteiger partial charge in [0.1, 0.15) is 5.75 Å². The maximum Gasteiger partial charge on any atom is 0.344 e. The summed E-state index contributed by atoms with van der Waals surface area (Å²) in [4.78, 5) is 23.6. The average Bonchev–Trinajstić information content (AvgIpc) is 2.59. The number of halogens is 2. The maximum atomic E-state index is 11.9. The fourth-order valence-electron chi connectivity index (χ4n) is 2.05. The highest BCUT2D eigenvalue weighted by molar-refractivity contribution is 6.35. The van der Waals surface area contributed by atoms with Crippen LogP contribution in [0.15, 0.2) is 42.5 Å². The molecule has 5 nitrogen and oxygen atoms in total. The Morgan fingerprint density at radius 3 is 2.56 bits per heavy atom. The zero-order chi connectivity index (χ0) is 18.2. The SMILES string of the molecule is CCc1ccccc1NC(=O)COC(=O)COc1ccc(Cl)cc1Cl. The number of rotatable bonds is 7. The number of amides is 1. The van der Waals surface area contributed by atoms with E-state index < -0.39 is 18.5 Å². The van der Waals surface area contributed by atoms with Crippen LogP contribution in [0.25, 0.3) is 0 Å². The quantitative estimate of drug-likeness (QED) is 0.732. The summed E-state index contributed by atoms with van der Waals surface area (Å²) in [6.45, 7) is 1.24. The van der Waals surface area contributed by atoms with E-state index in [1.165, 1.54) is 6.07 Å². The monoisotopic (exact) mass is 381 g/mol. The van der Waals surface area contributed by atoms with Crippen molar-refractivity contribution in [3.8, 4) is 5.75 Å². The molecule has 0 aromatic heterocycles. The molecule has 2 aromatic rings. The molecule has 0 spiro atoms. The van der Waals surface area contributed by atoms with Crippen LogP contribution in [0, 0.1) is 0 Å². The van der Waals surface area contributed by atoms with Gasteiger partial charge < -0.3 is 14.8 Å². The Hall–Kier alpha value is -2.24. The van der Waals surface area contributed by atoms with Gasteiger partial charge in [-0.15, -0.1) is 0 Å². The number of aryl methyl sites for hydroxylation is 1. The van der Waals surface area contributed by atoms with Crippen molar-refractivity contribution in [1.29, 1.82) is 0 Å². The molecule has 0 atom stereocenters. The van der Waals surface area contributed by atoms with E-state index in [1.54, 1.807) is 18.2 Å². The molecule has 0 heterocycles. The smallest absolute Gasteiger partial charge is 0.344 e. The third-order valence-corrected chi connectivity index (χ3v) is 3.81. The first-order valence-electron chi connectivity index (χ1n) is 7.60. The van der Waals surface area contributed by atoms with E-state index in [-0.39, 0.29) is 11.6 Å². The van der Waals surface area contributed by atoms with Crippen LogP contribution in [0.1, 0.15) is 12.5 Å². The third-order valence-electron chi connectivity index (χ3n) is 3.28. The topological polar surface area (TPSA) is 64.6 Å². The zero-order valence-electron chi connectivity index (χ0n) is 13.6. The molecule has 0 aliphatic carbocycles. The molecule has 1 amide bonds. The van der Waals surface area contributed by atoms with Gasteiger partial charge in [-0.25, -0.2) is 4.79 Å². The summed E-state index contributed by atoms with van der Waals surface area (Å²) < 4.78 is 10.1. The van der Waals surface area contributed by atoms with Crippen LogP contribution >= 0.6 is 23.2 Å². The number of hydrogen-bond acceptors (Lipinski definition) is 4. The Morgan fingerprint density at radius 1 is 1.08 bits per heavy atom. The average molecular weight is 382 g/mol. The Kier molecular flexibility index (Phi) is 7.10. The minimum atomic E-state index is -0.676. The molecule has 0 saturated heterocycles. The molecular weight excluding hydrogens is 365 g/mol. The first-order chi connectivity index (χ1) is 12.0. The number of hydrogen-bond donors (Lipinski definition) is 1. The van der Waals surface area contributed by atoms with Gasteiger partial charge in [0.05, 0.1) is 5.02 Å². The number of benzene rings is 2. The molecular formula is C18H17Cl2NO4. The lowest BCUT2D eigenvalue weighted by atomic mass is 10.1. The predicted octanol–water partition coefficient (Wildman–Crippen LogP) is 4.12. The van der Waals surface area contributed by atoms with Crippen LogP contribution in [0.2, 0.25) is 10.0 Å². The molecule has 0 saturated carbocycles. The molecule has 7 heteroatoms. The van der Waals surface area contributed by atoms with Gasteiger partial charge >= 0.3 is 5.97 Å². The maximum absolute atomic E-state index is 11.9. The van der Waals surface area contributed by atoms with Crippen molar-refractivity contribution < 1.29 is 19.1 Å². The number of carbonyl (C=O) groups is 2. The van der Waals surface area contributed by atoms with Crippen molar-refractivity contribution in [1.82, 2.24) is 0 Å². The molecule has 2 rings (SSSR count). The summed E-state index contributed by atoms with van der Waals surface area (Å²) >= 11 is 11.7. The number of anilines is 1. The summed E-state index contributed by atoms with van der Waals surface area (Å²) in [7, 11) is 0. The Labute approximate surface area is 155 Å². The second-order valence-corrected chi connectivity index (χ2v) is 5.93. The second-order valence-electron chi connectivity index (χ2n) is 5.08. The number of carbonyl (C=O) groups excluding carboxylic acids is 2. The summed E-state index contributed by atoms with van der Waals surface area (Å²) in [6.07, 6.45) is 0.784. The van der Waals surface area contributed by atoms with Gasteiger partial charge in [-0.3, -0.25) is 4.79 Å². The Balaban J connectivity index is 1.78. The standard InChI is InChI=1S/C18H17Cl2NO4/c1-2-12-5-3-4-6-15(12)21-17(22)10-25-18(23)11-24-16-8-7-13(19)9-14(16)20/h3-9H,2,10-11H2,1H3,(H,21,22). The highest BCUT2D eigenvalue weighted by atomic mass is 35.5. The van der Waals surface area contributed by atoms with Crippen LogP contribution in [-0.4, -0.2) is 25.1 Å². The van der Waals surface area contributed by atoms with Crippen LogP contribution in [0.5, 0.6) is 5.75 Å². The fourth-order valence-corrected chi connectivity index (χ4v) is 2.52.